The summed E-state index contributed by atoms with van der Waals surface area (Å²) in [6, 6.07) is 5.74. The number of allylic oxidation sites excluding steroid dienone is 2. The maximum atomic E-state index is 9.73. The molecule has 0 amide bonds. The molecule has 0 aliphatic carbocycles. The van der Waals surface area contributed by atoms with Gasteiger partial charge in [0.15, 0.2) is 0 Å². The maximum absolute atomic E-state index is 9.73. The van der Waals surface area contributed by atoms with Gasteiger partial charge in [-0.2, -0.15) is 0 Å². The van der Waals surface area contributed by atoms with Crippen molar-refractivity contribution in [3.8, 4) is 5.75 Å². The van der Waals surface area contributed by atoms with Crippen molar-refractivity contribution in [2.75, 3.05) is 0 Å². The highest BCUT2D eigenvalue weighted by atomic mass is 16.3. The van der Waals surface area contributed by atoms with E-state index in [0.29, 0.717) is 5.75 Å². The first kappa shape index (κ1) is 15.6. The molecule has 0 unspecified atom stereocenters. The summed E-state index contributed by atoms with van der Waals surface area (Å²) in [6.07, 6.45) is 15.6. The second-order valence-corrected chi connectivity index (χ2v) is 4.95. The molecule has 0 aliphatic heterocycles. The van der Waals surface area contributed by atoms with Gasteiger partial charge in [-0.1, -0.05) is 63.8 Å². The van der Waals surface area contributed by atoms with E-state index in [2.05, 4.69) is 44.2 Å². The molecule has 0 fully saturated rings. The number of unbranched alkanes of at least 4 members (excludes halogenated alkanes) is 4. The summed E-state index contributed by atoms with van der Waals surface area (Å²) in [5.41, 5.74) is 2.15. The third kappa shape index (κ3) is 6.85. The molecular formula is C18H26O. The van der Waals surface area contributed by atoms with E-state index < -0.39 is 0 Å². The number of hydrogen-bond donors (Lipinski definition) is 1. The number of rotatable bonds is 8. The molecule has 0 saturated heterocycles. The summed E-state index contributed by atoms with van der Waals surface area (Å²) in [5.74, 6) is 0.341. The monoisotopic (exact) mass is 258 g/mol. The number of hydrogen-bond acceptors (Lipinski definition) is 1. The number of phenols is 1. The van der Waals surface area contributed by atoms with Crippen molar-refractivity contribution in [1.29, 1.82) is 0 Å². The summed E-state index contributed by atoms with van der Waals surface area (Å²) in [4.78, 5) is 0. The Balaban J connectivity index is 2.65. The van der Waals surface area contributed by atoms with Crippen LogP contribution < -0.4 is 0 Å². The van der Waals surface area contributed by atoms with E-state index in [4.69, 9.17) is 0 Å². The van der Waals surface area contributed by atoms with Crippen LogP contribution in [0.15, 0.2) is 30.4 Å². The molecule has 1 heteroatoms. The number of phenolic OH excluding ortho intramolecular Hbond substituents is 1. The molecule has 0 radical (unpaired) electrons. The minimum Gasteiger partial charge on any atom is -0.508 e. The second-order valence-electron chi connectivity index (χ2n) is 4.95. The molecule has 1 aromatic carbocycles. The Hall–Kier alpha value is -1.50. The first-order valence-electron chi connectivity index (χ1n) is 7.43. The van der Waals surface area contributed by atoms with Crippen LogP contribution >= 0.6 is 0 Å². The standard InChI is InChI=1S/C18H26O/c1-3-5-7-9-11-16-13-17(15-18(19)14-16)12-10-8-6-4-2/h9-15,19H,3-8H2,1-2H3/b11-9+,12-10+. The Labute approximate surface area is 117 Å². The zero-order valence-electron chi connectivity index (χ0n) is 12.2. The fraction of sp³-hybridized carbons (Fsp3) is 0.444. The fourth-order valence-corrected chi connectivity index (χ4v) is 1.93. The van der Waals surface area contributed by atoms with Crippen LogP contribution in [0, 0.1) is 0 Å². The highest BCUT2D eigenvalue weighted by Crippen LogP contribution is 2.19. The largest absolute Gasteiger partial charge is 0.508 e. The van der Waals surface area contributed by atoms with Gasteiger partial charge < -0.3 is 5.11 Å². The fourth-order valence-electron chi connectivity index (χ4n) is 1.93. The van der Waals surface area contributed by atoms with E-state index in [0.717, 1.165) is 24.0 Å². The molecule has 0 spiro atoms. The smallest absolute Gasteiger partial charge is 0.116 e. The lowest BCUT2D eigenvalue weighted by Gasteiger charge is -2.00. The Morgan fingerprint density at radius 1 is 0.842 bits per heavy atom. The van der Waals surface area contributed by atoms with E-state index >= 15 is 0 Å². The predicted molar refractivity (Wildman–Crippen MR) is 85.2 cm³/mol. The molecule has 0 atom stereocenters. The van der Waals surface area contributed by atoms with E-state index in [1.54, 1.807) is 0 Å². The van der Waals surface area contributed by atoms with Crippen molar-refractivity contribution in [3.05, 3.63) is 41.5 Å². The van der Waals surface area contributed by atoms with Gasteiger partial charge in [-0.25, -0.2) is 0 Å². The molecule has 19 heavy (non-hydrogen) atoms. The van der Waals surface area contributed by atoms with Gasteiger partial charge in [-0.15, -0.1) is 0 Å². The van der Waals surface area contributed by atoms with Crippen LogP contribution in [0.25, 0.3) is 12.2 Å². The summed E-state index contributed by atoms with van der Waals surface area (Å²) in [7, 11) is 0. The summed E-state index contributed by atoms with van der Waals surface area (Å²) in [5, 5.41) is 9.73. The average molecular weight is 258 g/mol. The van der Waals surface area contributed by atoms with Crippen molar-refractivity contribution >= 4 is 12.2 Å². The van der Waals surface area contributed by atoms with Crippen molar-refractivity contribution in [1.82, 2.24) is 0 Å². The molecule has 1 N–H and O–H groups in total. The third-order valence-corrected chi connectivity index (χ3v) is 3.03. The lowest BCUT2D eigenvalue weighted by molar-refractivity contribution is 0.475. The van der Waals surface area contributed by atoms with Crippen LogP contribution in [0.2, 0.25) is 0 Å². The molecule has 1 rings (SSSR count). The molecule has 0 aromatic heterocycles. The van der Waals surface area contributed by atoms with Crippen LogP contribution in [-0.4, -0.2) is 5.11 Å². The maximum Gasteiger partial charge on any atom is 0.116 e. The molecule has 0 bridgehead atoms. The SMILES string of the molecule is CCCC/C=C/c1cc(O)cc(/C=C/CCCC)c1. The minimum absolute atomic E-state index is 0.341. The molecule has 0 saturated carbocycles. The van der Waals surface area contributed by atoms with Gasteiger partial charge in [0, 0.05) is 0 Å². The highest BCUT2D eigenvalue weighted by molar-refractivity contribution is 5.60. The lowest BCUT2D eigenvalue weighted by atomic mass is 10.1. The summed E-state index contributed by atoms with van der Waals surface area (Å²) >= 11 is 0. The van der Waals surface area contributed by atoms with Crippen molar-refractivity contribution in [2.45, 2.75) is 52.4 Å². The Bertz CT molecular complexity index is 379. The van der Waals surface area contributed by atoms with Gasteiger partial charge in [-0.3, -0.25) is 0 Å². The summed E-state index contributed by atoms with van der Waals surface area (Å²) in [6.45, 7) is 4.39. The topological polar surface area (TPSA) is 20.2 Å². The van der Waals surface area contributed by atoms with Gasteiger partial charge in [0.2, 0.25) is 0 Å². The second kappa shape index (κ2) is 9.43. The quantitative estimate of drug-likeness (QED) is 0.584. The van der Waals surface area contributed by atoms with Crippen molar-refractivity contribution < 1.29 is 5.11 Å². The molecule has 0 aliphatic rings. The molecule has 104 valence electrons. The lowest BCUT2D eigenvalue weighted by Crippen LogP contribution is -1.78. The number of benzene rings is 1. The van der Waals surface area contributed by atoms with Gasteiger partial charge in [0.1, 0.15) is 5.75 Å². The van der Waals surface area contributed by atoms with Gasteiger partial charge in [0.25, 0.3) is 0 Å². The molecular weight excluding hydrogens is 232 g/mol. The average Bonchev–Trinajstić information content (AvgIpc) is 2.39. The van der Waals surface area contributed by atoms with E-state index in [9.17, 15) is 5.11 Å². The normalized spacial score (nSPS) is 11.7. The first-order chi connectivity index (χ1) is 9.26. The first-order valence-corrected chi connectivity index (χ1v) is 7.43. The zero-order chi connectivity index (χ0) is 13.9. The van der Waals surface area contributed by atoms with E-state index in [-0.39, 0.29) is 0 Å². The van der Waals surface area contributed by atoms with Crippen molar-refractivity contribution in [3.63, 3.8) is 0 Å². The van der Waals surface area contributed by atoms with Gasteiger partial charge in [-0.05, 0) is 42.2 Å². The molecule has 1 aromatic rings. The summed E-state index contributed by atoms with van der Waals surface area (Å²) < 4.78 is 0. The van der Waals surface area contributed by atoms with Crippen LogP contribution in [0.1, 0.15) is 63.5 Å². The van der Waals surface area contributed by atoms with E-state index in [1.807, 2.05) is 12.1 Å². The van der Waals surface area contributed by atoms with Crippen LogP contribution in [0.3, 0.4) is 0 Å². The van der Waals surface area contributed by atoms with Gasteiger partial charge >= 0.3 is 0 Å². The number of aromatic hydroxyl groups is 1. The minimum atomic E-state index is 0.341. The highest BCUT2D eigenvalue weighted by Gasteiger charge is 1.95. The van der Waals surface area contributed by atoms with E-state index in [1.165, 1.54) is 25.7 Å². The Kier molecular flexibility index (Phi) is 7.72. The van der Waals surface area contributed by atoms with Crippen molar-refractivity contribution in [2.24, 2.45) is 0 Å². The third-order valence-electron chi connectivity index (χ3n) is 3.03. The van der Waals surface area contributed by atoms with Gasteiger partial charge in [0.05, 0.1) is 0 Å². The predicted octanol–water partition coefficient (Wildman–Crippen LogP) is 5.80. The van der Waals surface area contributed by atoms with Crippen LogP contribution in [-0.2, 0) is 0 Å². The zero-order valence-corrected chi connectivity index (χ0v) is 12.2. The van der Waals surface area contributed by atoms with Crippen LogP contribution in [0.5, 0.6) is 5.75 Å². The Morgan fingerprint density at radius 2 is 1.32 bits per heavy atom. The van der Waals surface area contributed by atoms with Crippen LogP contribution in [0.4, 0.5) is 0 Å². The molecule has 1 nitrogen and oxygen atoms in total. The molecule has 0 heterocycles. The Morgan fingerprint density at radius 3 is 1.74 bits per heavy atom.